The Labute approximate surface area is 173 Å². The van der Waals surface area contributed by atoms with Crippen molar-refractivity contribution in [1.82, 2.24) is 9.55 Å². The molecule has 5 nitrogen and oxygen atoms in total. The second-order valence-corrected chi connectivity index (χ2v) is 6.60. The van der Waals surface area contributed by atoms with Crippen molar-refractivity contribution in [2.24, 2.45) is 7.05 Å². The summed E-state index contributed by atoms with van der Waals surface area (Å²) in [6, 6.07) is 18.7. The van der Waals surface area contributed by atoms with Crippen molar-refractivity contribution >= 4 is 58.0 Å². The van der Waals surface area contributed by atoms with Crippen molar-refractivity contribution in [3.8, 4) is 0 Å². The van der Waals surface area contributed by atoms with Gasteiger partial charge in [0.25, 0.3) is 5.91 Å². The third-order valence-electron chi connectivity index (χ3n) is 4.27. The molecule has 0 radical (unpaired) electrons. The summed E-state index contributed by atoms with van der Waals surface area (Å²) in [4.78, 5) is 17.3. The number of anilines is 3. The van der Waals surface area contributed by atoms with Gasteiger partial charge >= 0.3 is 0 Å². The smallest absolute Gasteiger partial charge is 0.259 e. The molecule has 28 heavy (non-hydrogen) atoms. The number of hydrogen-bond acceptors (Lipinski definition) is 3. The molecule has 2 aromatic heterocycles. The molecule has 0 atom stereocenters. The fourth-order valence-electron chi connectivity index (χ4n) is 3.00. The molecular formula is C21H18Cl2N4O. The third kappa shape index (κ3) is 3.96. The van der Waals surface area contributed by atoms with E-state index in [-0.39, 0.29) is 18.3 Å². The standard InChI is InChI=1S/C21H17ClN4O.ClH/c1-26-11-10-17-19(26)18(21(27)25-15-7-3-2-4-8-15)13-23-20(17)24-16-9-5-6-14(22)12-16;/h2-13H,1H3,(H,23,24)(H,25,27);1H. The van der Waals surface area contributed by atoms with E-state index in [0.717, 1.165) is 22.3 Å². The highest BCUT2D eigenvalue weighted by molar-refractivity contribution is 6.30. The van der Waals surface area contributed by atoms with Crippen LogP contribution in [0.2, 0.25) is 5.02 Å². The number of fused-ring (bicyclic) bond motifs is 1. The minimum absolute atomic E-state index is 0. The predicted octanol–water partition coefficient (Wildman–Crippen LogP) is 5.64. The summed E-state index contributed by atoms with van der Waals surface area (Å²) >= 11 is 6.06. The van der Waals surface area contributed by atoms with E-state index in [0.29, 0.717) is 16.4 Å². The Morgan fingerprint density at radius 1 is 1.04 bits per heavy atom. The summed E-state index contributed by atoms with van der Waals surface area (Å²) in [6.07, 6.45) is 3.50. The molecular weight excluding hydrogens is 395 g/mol. The highest BCUT2D eigenvalue weighted by Crippen LogP contribution is 2.29. The van der Waals surface area contributed by atoms with Gasteiger partial charge in [0, 0.05) is 41.2 Å². The number of carbonyl (C=O) groups is 1. The second kappa shape index (κ2) is 8.33. The zero-order valence-corrected chi connectivity index (χ0v) is 16.6. The van der Waals surface area contributed by atoms with Gasteiger partial charge in [0.2, 0.25) is 0 Å². The van der Waals surface area contributed by atoms with Crippen molar-refractivity contribution in [1.29, 1.82) is 0 Å². The quantitative estimate of drug-likeness (QED) is 0.455. The maximum atomic E-state index is 12.8. The molecule has 0 spiro atoms. The van der Waals surface area contributed by atoms with Crippen molar-refractivity contribution in [3.05, 3.63) is 83.6 Å². The minimum Gasteiger partial charge on any atom is -0.350 e. The highest BCUT2D eigenvalue weighted by Gasteiger charge is 2.17. The molecule has 0 unspecified atom stereocenters. The van der Waals surface area contributed by atoms with Crippen molar-refractivity contribution in [2.45, 2.75) is 0 Å². The number of nitrogens with zero attached hydrogens (tertiary/aromatic N) is 2. The normalized spacial score (nSPS) is 10.4. The summed E-state index contributed by atoms with van der Waals surface area (Å²) in [5.41, 5.74) is 2.90. The van der Waals surface area contributed by atoms with Crippen molar-refractivity contribution in [2.75, 3.05) is 10.6 Å². The number of pyridine rings is 1. The number of halogens is 2. The molecule has 2 aromatic carbocycles. The van der Waals surface area contributed by atoms with Crippen LogP contribution in [0.5, 0.6) is 0 Å². The van der Waals surface area contributed by atoms with E-state index in [1.807, 2.05) is 78.5 Å². The average Bonchev–Trinajstić information content (AvgIpc) is 3.05. The molecule has 0 aliphatic carbocycles. The van der Waals surface area contributed by atoms with Gasteiger partial charge in [0.1, 0.15) is 5.82 Å². The van der Waals surface area contributed by atoms with Gasteiger partial charge in [0.15, 0.2) is 0 Å². The maximum Gasteiger partial charge on any atom is 0.259 e. The Hall–Kier alpha value is -3.02. The number of rotatable bonds is 4. The Bertz CT molecular complexity index is 1130. The lowest BCUT2D eigenvalue weighted by atomic mass is 10.1. The molecule has 0 saturated heterocycles. The summed E-state index contributed by atoms with van der Waals surface area (Å²) in [6.45, 7) is 0. The Kier molecular flexibility index (Phi) is 5.87. The molecule has 7 heteroatoms. The molecule has 0 fully saturated rings. The Morgan fingerprint density at radius 2 is 1.79 bits per heavy atom. The molecule has 2 heterocycles. The van der Waals surface area contributed by atoms with E-state index in [1.54, 1.807) is 6.20 Å². The SMILES string of the molecule is Cl.Cn1ccc2c(Nc3cccc(Cl)c3)ncc(C(=O)Nc3ccccc3)c21. The van der Waals surface area contributed by atoms with Crippen LogP contribution in [-0.4, -0.2) is 15.5 Å². The van der Waals surface area contributed by atoms with Crippen LogP contribution in [0.4, 0.5) is 17.2 Å². The van der Waals surface area contributed by atoms with Crippen molar-refractivity contribution in [3.63, 3.8) is 0 Å². The van der Waals surface area contributed by atoms with Gasteiger partial charge < -0.3 is 15.2 Å². The molecule has 0 aliphatic heterocycles. The number of nitrogens with one attached hydrogen (secondary N) is 2. The zero-order valence-electron chi connectivity index (χ0n) is 15.0. The number of amides is 1. The van der Waals surface area contributed by atoms with Gasteiger partial charge in [-0.3, -0.25) is 4.79 Å². The molecule has 1 amide bonds. The van der Waals surface area contributed by atoms with Crippen LogP contribution in [-0.2, 0) is 7.05 Å². The van der Waals surface area contributed by atoms with Crippen LogP contribution in [0.15, 0.2) is 73.1 Å². The van der Waals surface area contributed by atoms with Crippen LogP contribution in [0.25, 0.3) is 10.9 Å². The summed E-state index contributed by atoms with van der Waals surface area (Å²) in [5, 5.41) is 7.69. The Balaban J connectivity index is 0.00000225. The fourth-order valence-corrected chi connectivity index (χ4v) is 3.19. The molecule has 0 bridgehead atoms. The van der Waals surface area contributed by atoms with Crippen LogP contribution >= 0.6 is 24.0 Å². The molecule has 4 rings (SSSR count). The molecule has 0 saturated carbocycles. The molecule has 142 valence electrons. The van der Waals surface area contributed by atoms with Gasteiger partial charge in [-0.1, -0.05) is 35.9 Å². The van der Waals surface area contributed by atoms with E-state index in [1.165, 1.54) is 0 Å². The molecule has 4 aromatic rings. The first-order valence-corrected chi connectivity index (χ1v) is 8.82. The lowest BCUT2D eigenvalue weighted by molar-refractivity contribution is 0.102. The monoisotopic (exact) mass is 412 g/mol. The highest BCUT2D eigenvalue weighted by atomic mass is 35.5. The topological polar surface area (TPSA) is 59.0 Å². The fraction of sp³-hybridized carbons (Fsp3) is 0.0476. The number of aryl methyl sites for hydroxylation is 1. The Morgan fingerprint density at radius 3 is 2.54 bits per heavy atom. The van der Waals surface area contributed by atoms with Gasteiger partial charge in [-0.2, -0.15) is 0 Å². The first-order valence-electron chi connectivity index (χ1n) is 8.45. The van der Waals surface area contributed by atoms with E-state index >= 15 is 0 Å². The maximum absolute atomic E-state index is 12.8. The zero-order chi connectivity index (χ0) is 18.8. The van der Waals surface area contributed by atoms with Crippen LogP contribution in [0, 0.1) is 0 Å². The lowest BCUT2D eigenvalue weighted by Gasteiger charge is -2.11. The van der Waals surface area contributed by atoms with Gasteiger partial charge in [-0.15, -0.1) is 12.4 Å². The summed E-state index contributed by atoms with van der Waals surface area (Å²) in [7, 11) is 1.91. The van der Waals surface area contributed by atoms with Gasteiger partial charge in [-0.05, 0) is 36.4 Å². The second-order valence-electron chi connectivity index (χ2n) is 6.16. The summed E-state index contributed by atoms with van der Waals surface area (Å²) < 4.78 is 1.92. The van der Waals surface area contributed by atoms with Crippen LogP contribution in [0.3, 0.4) is 0 Å². The predicted molar refractivity (Wildman–Crippen MR) is 117 cm³/mol. The van der Waals surface area contributed by atoms with Crippen LogP contribution < -0.4 is 10.6 Å². The first kappa shape index (κ1) is 19.7. The van der Waals surface area contributed by atoms with E-state index in [9.17, 15) is 4.79 Å². The number of benzene rings is 2. The van der Waals surface area contributed by atoms with E-state index < -0.39 is 0 Å². The summed E-state index contributed by atoms with van der Waals surface area (Å²) in [5.74, 6) is 0.471. The first-order chi connectivity index (χ1) is 13.1. The largest absolute Gasteiger partial charge is 0.350 e. The number of para-hydroxylation sites is 1. The van der Waals surface area contributed by atoms with Gasteiger partial charge in [0.05, 0.1) is 11.1 Å². The minimum atomic E-state index is -0.199. The molecule has 2 N–H and O–H groups in total. The molecule has 0 aliphatic rings. The van der Waals surface area contributed by atoms with Crippen molar-refractivity contribution < 1.29 is 4.79 Å². The van der Waals surface area contributed by atoms with Crippen LogP contribution in [0.1, 0.15) is 10.4 Å². The van der Waals surface area contributed by atoms with Gasteiger partial charge in [-0.25, -0.2) is 4.98 Å². The lowest BCUT2D eigenvalue weighted by Crippen LogP contribution is -2.14. The van der Waals surface area contributed by atoms with E-state index in [4.69, 9.17) is 11.6 Å². The number of aromatic nitrogens is 2. The number of carbonyl (C=O) groups excluding carboxylic acids is 1. The number of hydrogen-bond donors (Lipinski definition) is 2. The average molecular weight is 413 g/mol. The third-order valence-corrected chi connectivity index (χ3v) is 4.50. The van der Waals surface area contributed by atoms with E-state index in [2.05, 4.69) is 15.6 Å².